The Morgan fingerprint density at radius 1 is 1.52 bits per heavy atom. The van der Waals surface area contributed by atoms with Crippen LogP contribution in [0.15, 0.2) is 10.9 Å². The van der Waals surface area contributed by atoms with E-state index in [0.717, 1.165) is 18.8 Å². The molecule has 1 aliphatic heterocycles. The first-order valence-corrected chi connectivity index (χ1v) is 8.10. The number of carbonyl (C=O) groups excluding carboxylic acids is 1. The molecule has 0 radical (unpaired) electrons. The quantitative estimate of drug-likeness (QED) is 0.792. The minimum absolute atomic E-state index is 0.0360. The number of amides is 1. The standard InChI is InChI=1S/C16H26N4O3/c1-5-23-14-9-20(4)8-13(14)18-15(21)12-7-11(6-10(2)3)17-16(22)19-12/h7,10,13-14H,5-6,8-9H2,1-4H3,(H,18,21)(H,17,19,22)/t13-,14-/m0/s1. The largest absolute Gasteiger partial charge is 0.375 e. The third-order valence-electron chi connectivity index (χ3n) is 3.81. The molecule has 23 heavy (non-hydrogen) atoms. The summed E-state index contributed by atoms with van der Waals surface area (Å²) in [5, 5.41) is 2.95. The summed E-state index contributed by atoms with van der Waals surface area (Å²) in [4.78, 5) is 32.7. The van der Waals surface area contributed by atoms with E-state index < -0.39 is 5.69 Å². The van der Waals surface area contributed by atoms with Crippen LogP contribution in [0.1, 0.15) is 37.0 Å². The van der Waals surface area contributed by atoms with Crippen LogP contribution in [0.3, 0.4) is 0 Å². The number of hydrogen-bond donors (Lipinski definition) is 2. The minimum atomic E-state index is -0.488. The van der Waals surface area contributed by atoms with Crippen LogP contribution < -0.4 is 11.0 Å². The Bertz CT molecular complexity index is 599. The number of aromatic amines is 1. The van der Waals surface area contributed by atoms with E-state index in [1.165, 1.54) is 0 Å². The molecule has 0 bridgehead atoms. The predicted octanol–water partition coefficient (Wildman–Crippen LogP) is 0.417. The van der Waals surface area contributed by atoms with Crippen molar-refractivity contribution in [2.75, 3.05) is 26.7 Å². The normalized spacial score (nSPS) is 21.8. The molecule has 0 saturated carbocycles. The van der Waals surface area contributed by atoms with E-state index in [9.17, 15) is 9.59 Å². The smallest absolute Gasteiger partial charge is 0.345 e. The van der Waals surface area contributed by atoms with Crippen LogP contribution in [-0.4, -0.2) is 59.7 Å². The fourth-order valence-corrected chi connectivity index (χ4v) is 2.90. The van der Waals surface area contributed by atoms with Gasteiger partial charge in [0.1, 0.15) is 5.69 Å². The molecule has 2 rings (SSSR count). The van der Waals surface area contributed by atoms with Gasteiger partial charge in [-0.25, -0.2) is 4.79 Å². The second-order valence-corrected chi connectivity index (χ2v) is 6.49. The van der Waals surface area contributed by atoms with Gasteiger partial charge in [0.15, 0.2) is 0 Å². The Morgan fingerprint density at radius 2 is 2.26 bits per heavy atom. The lowest BCUT2D eigenvalue weighted by Gasteiger charge is -2.19. The van der Waals surface area contributed by atoms with E-state index in [1.807, 2.05) is 14.0 Å². The molecule has 1 amide bonds. The maximum Gasteiger partial charge on any atom is 0.345 e. The van der Waals surface area contributed by atoms with Crippen molar-refractivity contribution in [1.82, 2.24) is 20.2 Å². The highest BCUT2D eigenvalue weighted by Crippen LogP contribution is 2.13. The summed E-state index contributed by atoms with van der Waals surface area (Å²) in [5.41, 5.74) is 0.405. The summed E-state index contributed by atoms with van der Waals surface area (Å²) >= 11 is 0. The van der Waals surface area contributed by atoms with E-state index >= 15 is 0 Å². The van der Waals surface area contributed by atoms with Gasteiger partial charge in [-0.1, -0.05) is 13.8 Å². The molecule has 0 aliphatic carbocycles. The SMILES string of the molecule is CCO[C@H]1CN(C)C[C@@H]1NC(=O)c1cc(CC(C)C)[nH]c(=O)n1. The number of likely N-dealkylation sites (tertiary alicyclic amines) is 1. The third kappa shape index (κ3) is 4.87. The van der Waals surface area contributed by atoms with E-state index in [4.69, 9.17) is 4.74 Å². The second-order valence-electron chi connectivity index (χ2n) is 6.49. The number of nitrogens with one attached hydrogen (secondary N) is 2. The lowest BCUT2D eigenvalue weighted by Crippen LogP contribution is -2.44. The van der Waals surface area contributed by atoms with Gasteiger partial charge in [0.05, 0.1) is 12.1 Å². The van der Waals surface area contributed by atoms with Crippen molar-refractivity contribution >= 4 is 5.91 Å². The Kier molecular flexibility index (Phi) is 5.90. The summed E-state index contributed by atoms with van der Waals surface area (Å²) in [7, 11) is 1.99. The predicted molar refractivity (Wildman–Crippen MR) is 87.6 cm³/mol. The van der Waals surface area contributed by atoms with Gasteiger partial charge in [-0.15, -0.1) is 0 Å². The second kappa shape index (κ2) is 7.70. The molecule has 128 valence electrons. The van der Waals surface area contributed by atoms with Crippen LogP contribution in [0.4, 0.5) is 0 Å². The Morgan fingerprint density at radius 3 is 2.91 bits per heavy atom. The lowest BCUT2D eigenvalue weighted by atomic mass is 10.1. The van der Waals surface area contributed by atoms with Crippen molar-refractivity contribution in [1.29, 1.82) is 0 Å². The molecule has 1 saturated heterocycles. The molecular weight excluding hydrogens is 296 g/mol. The molecule has 0 spiro atoms. The summed E-state index contributed by atoms with van der Waals surface area (Å²) in [5.74, 6) is 0.0564. The molecule has 1 fully saturated rings. The van der Waals surface area contributed by atoms with Crippen LogP contribution >= 0.6 is 0 Å². The number of rotatable bonds is 6. The van der Waals surface area contributed by atoms with Crippen molar-refractivity contribution in [3.63, 3.8) is 0 Å². The summed E-state index contributed by atoms with van der Waals surface area (Å²) in [6.07, 6.45) is 0.664. The molecule has 2 atom stereocenters. The highest BCUT2D eigenvalue weighted by molar-refractivity contribution is 5.92. The first-order chi connectivity index (χ1) is 10.9. The highest BCUT2D eigenvalue weighted by Gasteiger charge is 2.32. The highest BCUT2D eigenvalue weighted by atomic mass is 16.5. The average Bonchev–Trinajstić information content (AvgIpc) is 2.77. The Labute approximate surface area is 136 Å². The fourth-order valence-electron chi connectivity index (χ4n) is 2.90. The van der Waals surface area contributed by atoms with Crippen molar-refractivity contribution in [3.05, 3.63) is 27.9 Å². The van der Waals surface area contributed by atoms with Crippen molar-refractivity contribution in [2.45, 2.75) is 39.3 Å². The van der Waals surface area contributed by atoms with Crippen LogP contribution in [0.2, 0.25) is 0 Å². The summed E-state index contributed by atoms with van der Waals surface area (Å²) in [6.45, 7) is 8.15. The monoisotopic (exact) mass is 322 g/mol. The van der Waals surface area contributed by atoms with Gasteiger partial charge in [0.2, 0.25) is 0 Å². The van der Waals surface area contributed by atoms with Crippen LogP contribution in [0, 0.1) is 5.92 Å². The number of H-pyrrole nitrogens is 1. The van der Waals surface area contributed by atoms with Gasteiger partial charge in [-0.05, 0) is 32.4 Å². The molecular formula is C16H26N4O3. The van der Waals surface area contributed by atoms with E-state index in [-0.39, 0.29) is 23.7 Å². The van der Waals surface area contributed by atoms with Gasteiger partial charge in [-0.3, -0.25) is 4.79 Å². The zero-order valence-electron chi connectivity index (χ0n) is 14.3. The zero-order chi connectivity index (χ0) is 17.0. The van der Waals surface area contributed by atoms with Crippen molar-refractivity contribution in [2.24, 2.45) is 5.92 Å². The topological polar surface area (TPSA) is 87.3 Å². The van der Waals surface area contributed by atoms with E-state index in [0.29, 0.717) is 18.9 Å². The summed E-state index contributed by atoms with van der Waals surface area (Å²) in [6, 6.07) is 1.56. The van der Waals surface area contributed by atoms with Crippen LogP contribution in [0.5, 0.6) is 0 Å². The minimum Gasteiger partial charge on any atom is -0.375 e. The summed E-state index contributed by atoms with van der Waals surface area (Å²) < 4.78 is 5.68. The first-order valence-electron chi connectivity index (χ1n) is 8.10. The molecule has 2 N–H and O–H groups in total. The molecule has 7 nitrogen and oxygen atoms in total. The molecule has 0 unspecified atom stereocenters. The Balaban J connectivity index is 2.11. The molecule has 7 heteroatoms. The van der Waals surface area contributed by atoms with E-state index in [1.54, 1.807) is 6.07 Å². The lowest BCUT2D eigenvalue weighted by molar-refractivity contribution is 0.0512. The molecule has 1 aliphatic rings. The number of carbonyl (C=O) groups is 1. The number of likely N-dealkylation sites (N-methyl/N-ethyl adjacent to an activating group) is 1. The van der Waals surface area contributed by atoms with Crippen molar-refractivity contribution < 1.29 is 9.53 Å². The Hall–Kier alpha value is -1.73. The van der Waals surface area contributed by atoms with Gasteiger partial charge in [0.25, 0.3) is 5.91 Å². The number of ether oxygens (including phenoxy) is 1. The van der Waals surface area contributed by atoms with Gasteiger partial charge in [-0.2, -0.15) is 4.98 Å². The van der Waals surface area contributed by atoms with Crippen molar-refractivity contribution in [3.8, 4) is 0 Å². The van der Waals surface area contributed by atoms with Gasteiger partial charge >= 0.3 is 5.69 Å². The van der Waals surface area contributed by atoms with Crippen LogP contribution in [-0.2, 0) is 11.2 Å². The zero-order valence-corrected chi connectivity index (χ0v) is 14.3. The third-order valence-corrected chi connectivity index (χ3v) is 3.81. The first kappa shape index (κ1) is 17.6. The van der Waals surface area contributed by atoms with E-state index in [2.05, 4.69) is 34.0 Å². The number of nitrogens with zero attached hydrogens (tertiary/aromatic N) is 2. The molecule has 1 aromatic heterocycles. The maximum atomic E-state index is 12.4. The maximum absolute atomic E-state index is 12.4. The molecule has 1 aromatic rings. The average molecular weight is 322 g/mol. The molecule has 0 aromatic carbocycles. The fraction of sp³-hybridized carbons (Fsp3) is 0.688. The number of aromatic nitrogens is 2. The van der Waals surface area contributed by atoms with Crippen LogP contribution in [0.25, 0.3) is 0 Å². The van der Waals surface area contributed by atoms with Gasteiger partial charge in [0, 0.05) is 25.4 Å². The van der Waals surface area contributed by atoms with Gasteiger partial charge < -0.3 is 19.9 Å². The number of hydrogen-bond acceptors (Lipinski definition) is 5. The molecule has 2 heterocycles.